The fraction of sp³-hybridized carbons (Fsp3) is 0.854. The van der Waals surface area contributed by atoms with Crippen LogP contribution in [0.1, 0.15) is 206 Å². The van der Waals surface area contributed by atoms with Crippen molar-refractivity contribution < 1.29 is 37.9 Å². The molecule has 50 heavy (non-hydrogen) atoms. The summed E-state index contributed by atoms with van der Waals surface area (Å²) >= 11 is 0. The fourth-order valence-corrected chi connectivity index (χ4v) is 6.24. The lowest BCUT2D eigenvalue weighted by Gasteiger charge is -2.18. The second-order valence-corrected chi connectivity index (χ2v) is 15.2. The van der Waals surface area contributed by atoms with Crippen LogP contribution in [0.3, 0.4) is 0 Å². The molecule has 0 aliphatic carbocycles. The highest BCUT2D eigenvalue weighted by Gasteiger charge is 2.22. The summed E-state index contributed by atoms with van der Waals surface area (Å²) in [4.78, 5) is 42.8. The van der Waals surface area contributed by atoms with Gasteiger partial charge in [0, 0.05) is 12.8 Å². The van der Waals surface area contributed by atoms with E-state index in [0.29, 0.717) is 12.8 Å². The predicted octanol–water partition coefficient (Wildman–Crippen LogP) is 12.4. The monoisotopic (exact) mass is 729 g/mol. The third-order valence-electron chi connectivity index (χ3n) is 8.97. The Kier molecular flexibility index (Phi) is 36.2. The molecule has 0 saturated carbocycles. The van der Waals surface area contributed by atoms with E-state index in [1.54, 1.807) is 0 Å². The molecule has 0 heterocycles. The number of phosphoric acid groups is 1. The summed E-state index contributed by atoms with van der Waals surface area (Å²) < 4.78 is 26.3. The lowest BCUT2D eigenvalue weighted by molar-refractivity contribution is -0.161. The summed E-state index contributed by atoms with van der Waals surface area (Å²) in [6, 6.07) is 0. The van der Waals surface area contributed by atoms with E-state index < -0.39 is 32.5 Å². The number of carbonyl (C=O) groups excluding carboxylic acids is 2. The van der Waals surface area contributed by atoms with E-state index >= 15 is 0 Å². The molecule has 2 N–H and O–H groups in total. The first-order valence-electron chi connectivity index (χ1n) is 20.6. The number of unbranched alkanes of at least 4 members (excludes halogenated alkanes) is 24. The van der Waals surface area contributed by atoms with E-state index in [0.717, 1.165) is 38.5 Å². The minimum absolute atomic E-state index is 0.206. The highest BCUT2D eigenvalue weighted by Crippen LogP contribution is 2.36. The van der Waals surface area contributed by atoms with E-state index in [1.807, 2.05) is 0 Å². The van der Waals surface area contributed by atoms with Crippen molar-refractivity contribution in [3.05, 3.63) is 24.3 Å². The van der Waals surface area contributed by atoms with Crippen molar-refractivity contribution in [3.63, 3.8) is 0 Å². The first kappa shape index (κ1) is 48.5. The molecule has 8 nitrogen and oxygen atoms in total. The first-order chi connectivity index (χ1) is 24.3. The lowest BCUT2D eigenvalue weighted by Crippen LogP contribution is -2.29. The minimum atomic E-state index is -4.76. The average molecular weight is 729 g/mol. The van der Waals surface area contributed by atoms with Crippen LogP contribution in [0.4, 0.5) is 0 Å². The molecule has 1 atom stereocenters. The molecule has 0 saturated heterocycles. The third-order valence-corrected chi connectivity index (χ3v) is 9.46. The van der Waals surface area contributed by atoms with Gasteiger partial charge in [0.1, 0.15) is 6.61 Å². The van der Waals surface area contributed by atoms with Crippen molar-refractivity contribution in [3.8, 4) is 0 Å². The first-order valence-corrected chi connectivity index (χ1v) is 22.2. The Labute approximate surface area is 307 Å². The fourth-order valence-electron chi connectivity index (χ4n) is 5.88. The van der Waals surface area contributed by atoms with Gasteiger partial charge in [-0.05, 0) is 38.5 Å². The molecule has 0 aromatic rings. The Hall–Kier alpha value is -1.47. The highest BCUT2D eigenvalue weighted by atomic mass is 31.2. The van der Waals surface area contributed by atoms with Crippen molar-refractivity contribution in [2.45, 2.75) is 213 Å². The molecule has 0 amide bonds. The molecule has 0 aliphatic heterocycles. The number of carbonyl (C=O) groups is 2. The SMILES string of the molecule is CCCCCCCCCCC/C=C/C/C=C/CCCC(=O)OC[C@H](COP(=O)(O)O)OC(=O)CCCCCCCCCCCCCCCCC. The number of esters is 2. The van der Waals surface area contributed by atoms with Crippen LogP contribution < -0.4 is 0 Å². The van der Waals surface area contributed by atoms with Gasteiger partial charge in [0.05, 0.1) is 6.61 Å². The van der Waals surface area contributed by atoms with E-state index in [2.05, 4.69) is 42.7 Å². The van der Waals surface area contributed by atoms with Crippen molar-refractivity contribution in [1.29, 1.82) is 0 Å². The molecular formula is C41H77O8P. The second kappa shape index (κ2) is 37.3. The molecule has 294 valence electrons. The maximum Gasteiger partial charge on any atom is 0.469 e. The number of phosphoric ester groups is 1. The molecule has 0 unspecified atom stereocenters. The van der Waals surface area contributed by atoms with E-state index in [4.69, 9.17) is 19.3 Å². The Bertz CT molecular complexity index is 869. The van der Waals surface area contributed by atoms with Crippen molar-refractivity contribution >= 4 is 19.8 Å². The molecule has 0 aromatic carbocycles. The highest BCUT2D eigenvalue weighted by molar-refractivity contribution is 7.46. The Morgan fingerprint density at radius 1 is 0.520 bits per heavy atom. The van der Waals surface area contributed by atoms with Gasteiger partial charge >= 0.3 is 19.8 Å². The molecule has 0 rings (SSSR count). The smallest absolute Gasteiger partial charge is 0.462 e. The molecule has 9 heteroatoms. The van der Waals surface area contributed by atoms with Crippen LogP contribution >= 0.6 is 7.82 Å². The van der Waals surface area contributed by atoms with E-state index in [9.17, 15) is 14.2 Å². The second-order valence-electron chi connectivity index (χ2n) is 14.0. The van der Waals surface area contributed by atoms with Gasteiger partial charge in [0.2, 0.25) is 0 Å². The summed E-state index contributed by atoms with van der Waals surface area (Å²) in [5, 5.41) is 0. The number of hydrogen-bond donors (Lipinski definition) is 2. The summed E-state index contributed by atoms with van der Waals surface area (Å²) in [6.07, 6.45) is 41.9. The Morgan fingerprint density at radius 3 is 1.38 bits per heavy atom. The van der Waals surface area contributed by atoms with Crippen LogP contribution in [0, 0.1) is 0 Å². The normalized spacial score (nSPS) is 12.6. The van der Waals surface area contributed by atoms with Gasteiger partial charge in [0.25, 0.3) is 0 Å². The molecule has 0 aromatic heterocycles. The average Bonchev–Trinajstić information content (AvgIpc) is 3.08. The molecule has 0 radical (unpaired) electrons. The molecule has 0 spiro atoms. The number of ether oxygens (including phenoxy) is 2. The summed E-state index contributed by atoms with van der Waals surface area (Å²) in [6.45, 7) is 3.66. The van der Waals surface area contributed by atoms with Crippen LogP contribution in [-0.2, 0) is 28.2 Å². The molecule has 0 bridgehead atoms. The van der Waals surface area contributed by atoms with Crippen molar-refractivity contribution in [2.75, 3.05) is 13.2 Å². The standard InChI is InChI=1S/C41H77O8P/c1-3-5-7-9-11-13-15-17-19-20-22-23-25-27-29-31-33-35-40(42)47-37-39(38-48-50(44,45)46)49-41(43)36-34-32-30-28-26-24-21-18-16-14-12-10-8-6-4-2/h22-23,27,29,39H,3-21,24-26,28,30-38H2,1-2H3,(H2,44,45,46)/b23-22+,29-27+/t39-/m1/s1. The van der Waals surface area contributed by atoms with Crippen molar-refractivity contribution in [2.24, 2.45) is 0 Å². The third kappa shape index (κ3) is 39.3. The van der Waals surface area contributed by atoms with E-state index in [-0.39, 0.29) is 19.4 Å². The zero-order valence-electron chi connectivity index (χ0n) is 32.3. The molecule has 0 fully saturated rings. The number of hydrogen-bond acceptors (Lipinski definition) is 6. The lowest BCUT2D eigenvalue weighted by atomic mass is 10.0. The van der Waals surface area contributed by atoms with E-state index in [1.165, 1.54) is 128 Å². The number of rotatable bonds is 38. The van der Waals surface area contributed by atoms with Gasteiger partial charge in [-0.2, -0.15) is 0 Å². The zero-order chi connectivity index (χ0) is 36.8. The van der Waals surface area contributed by atoms with Gasteiger partial charge in [0.15, 0.2) is 6.10 Å². The van der Waals surface area contributed by atoms with Crippen LogP contribution in [0.2, 0.25) is 0 Å². The topological polar surface area (TPSA) is 119 Å². The van der Waals surface area contributed by atoms with Gasteiger partial charge in [-0.15, -0.1) is 0 Å². The predicted molar refractivity (Wildman–Crippen MR) is 207 cm³/mol. The summed E-state index contributed by atoms with van der Waals surface area (Å²) in [7, 11) is -4.76. The maximum absolute atomic E-state index is 12.4. The summed E-state index contributed by atoms with van der Waals surface area (Å²) in [5.74, 6) is -0.929. The van der Waals surface area contributed by atoms with Crippen LogP contribution in [-0.4, -0.2) is 41.0 Å². The molecule has 0 aliphatic rings. The van der Waals surface area contributed by atoms with Crippen LogP contribution in [0.15, 0.2) is 24.3 Å². The van der Waals surface area contributed by atoms with Gasteiger partial charge < -0.3 is 19.3 Å². The summed E-state index contributed by atoms with van der Waals surface area (Å²) in [5.41, 5.74) is 0. The van der Waals surface area contributed by atoms with Gasteiger partial charge in [-0.3, -0.25) is 14.1 Å². The molecular weight excluding hydrogens is 651 g/mol. The van der Waals surface area contributed by atoms with Gasteiger partial charge in [-0.25, -0.2) is 4.57 Å². The van der Waals surface area contributed by atoms with Crippen LogP contribution in [0.25, 0.3) is 0 Å². The zero-order valence-corrected chi connectivity index (χ0v) is 33.2. The quantitative estimate of drug-likeness (QED) is 0.0279. The van der Waals surface area contributed by atoms with Crippen LogP contribution in [0.5, 0.6) is 0 Å². The minimum Gasteiger partial charge on any atom is -0.462 e. The maximum atomic E-state index is 12.4. The number of allylic oxidation sites excluding steroid dienone is 4. The largest absolute Gasteiger partial charge is 0.469 e. The Morgan fingerprint density at radius 2 is 0.920 bits per heavy atom. The van der Waals surface area contributed by atoms with Gasteiger partial charge in [-0.1, -0.05) is 179 Å². The van der Waals surface area contributed by atoms with Crippen molar-refractivity contribution in [1.82, 2.24) is 0 Å². The Balaban J connectivity index is 3.96.